The number of hydrogen-bond donors (Lipinski definition) is 3. The summed E-state index contributed by atoms with van der Waals surface area (Å²) in [6, 6.07) is 2.43. The van der Waals surface area contributed by atoms with Gasteiger partial charge in [-0.1, -0.05) is 0 Å². The first-order chi connectivity index (χ1) is 9.17. The summed E-state index contributed by atoms with van der Waals surface area (Å²) in [7, 11) is 2.16. The molecule has 2 heterocycles. The van der Waals surface area contributed by atoms with Gasteiger partial charge in [-0.3, -0.25) is 0 Å². The van der Waals surface area contributed by atoms with E-state index in [9.17, 15) is 0 Å². The fourth-order valence-electron chi connectivity index (χ4n) is 2.29. The van der Waals surface area contributed by atoms with Crippen LogP contribution in [-0.2, 0) is 0 Å². The maximum Gasteiger partial charge on any atom is 0.131 e. The zero-order chi connectivity index (χ0) is 13.7. The fourth-order valence-corrected chi connectivity index (χ4v) is 2.29. The molecule has 106 valence electrons. The molecule has 0 aromatic carbocycles. The third-order valence-corrected chi connectivity index (χ3v) is 3.18. The van der Waals surface area contributed by atoms with E-state index in [1.165, 1.54) is 0 Å². The molecule has 1 atom stereocenters. The summed E-state index contributed by atoms with van der Waals surface area (Å²) in [6.45, 7) is 8.96. The zero-order valence-corrected chi connectivity index (χ0v) is 12.0. The maximum atomic E-state index is 4.42. The van der Waals surface area contributed by atoms with Gasteiger partial charge in [0.1, 0.15) is 17.5 Å². The van der Waals surface area contributed by atoms with Crippen molar-refractivity contribution in [3.8, 4) is 0 Å². The van der Waals surface area contributed by atoms with Crippen molar-refractivity contribution in [1.29, 1.82) is 0 Å². The number of aromatic nitrogens is 2. The highest BCUT2D eigenvalue weighted by atomic mass is 15.2. The van der Waals surface area contributed by atoms with E-state index >= 15 is 0 Å². The number of aryl methyl sites for hydroxylation is 1. The first kappa shape index (κ1) is 14.0. The molecule has 1 aromatic rings. The Morgan fingerprint density at radius 1 is 1.37 bits per heavy atom. The van der Waals surface area contributed by atoms with Crippen LogP contribution in [0.3, 0.4) is 0 Å². The average molecular weight is 264 g/mol. The molecule has 1 aliphatic rings. The molecule has 0 saturated carbocycles. The third-order valence-electron chi connectivity index (χ3n) is 3.18. The quantitative estimate of drug-likeness (QED) is 0.721. The number of nitrogens with one attached hydrogen (secondary N) is 3. The van der Waals surface area contributed by atoms with E-state index < -0.39 is 0 Å². The summed E-state index contributed by atoms with van der Waals surface area (Å²) in [5.74, 6) is 2.55. The van der Waals surface area contributed by atoms with Crippen molar-refractivity contribution in [1.82, 2.24) is 20.2 Å². The van der Waals surface area contributed by atoms with Crippen LogP contribution in [0.25, 0.3) is 0 Å². The summed E-state index contributed by atoms with van der Waals surface area (Å²) in [6.07, 6.45) is 0. The van der Waals surface area contributed by atoms with Gasteiger partial charge >= 0.3 is 0 Å². The lowest BCUT2D eigenvalue weighted by atomic mass is 10.2. The van der Waals surface area contributed by atoms with Gasteiger partial charge in [-0.05, 0) is 20.9 Å². The number of hydrogen-bond acceptors (Lipinski definition) is 6. The minimum absolute atomic E-state index is 0.469. The van der Waals surface area contributed by atoms with Gasteiger partial charge in [-0.25, -0.2) is 9.97 Å². The van der Waals surface area contributed by atoms with E-state index in [-0.39, 0.29) is 0 Å². The Labute approximate surface area is 115 Å². The van der Waals surface area contributed by atoms with E-state index in [1.807, 2.05) is 13.0 Å². The van der Waals surface area contributed by atoms with Gasteiger partial charge in [0.2, 0.25) is 0 Å². The molecule has 1 fully saturated rings. The lowest BCUT2D eigenvalue weighted by Crippen LogP contribution is -2.51. The fraction of sp³-hybridized carbons (Fsp3) is 0.692. The van der Waals surface area contributed by atoms with Crippen LogP contribution in [0.1, 0.15) is 12.7 Å². The largest absolute Gasteiger partial charge is 0.370 e. The van der Waals surface area contributed by atoms with E-state index in [2.05, 4.69) is 44.8 Å². The van der Waals surface area contributed by atoms with Gasteiger partial charge in [0, 0.05) is 44.8 Å². The van der Waals surface area contributed by atoms with E-state index in [0.717, 1.165) is 50.2 Å². The monoisotopic (exact) mass is 264 g/mol. The van der Waals surface area contributed by atoms with Gasteiger partial charge in [-0.2, -0.15) is 0 Å². The standard InChI is InChI=1S/C13H24N6/c1-4-14-12-7-13(18-10(2)17-12)16-8-11-9-19(3)6-5-15-11/h7,11,15H,4-6,8-9H2,1-3H3,(H2,14,16,17,18). The van der Waals surface area contributed by atoms with Crippen molar-refractivity contribution < 1.29 is 0 Å². The van der Waals surface area contributed by atoms with Crippen molar-refractivity contribution in [2.45, 2.75) is 19.9 Å². The second kappa shape index (κ2) is 6.68. The number of nitrogens with zero attached hydrogens (tertiary/aromatic N) is 3. The van der Waals surface area contributed by atoms with Crippen molar-refractivity contribution in [2.24, 2.45) is 0 Å². The van der Waals surface area contributed by atoms with Crippen LogP contribution >= 0.6 is 0 Å². The van der Waals surface area contributed by atoms with E-state index in [0.29, 0.717) is 6.04 Å². The normalized spacial score (nSPS) is 20.3. The first-order valence-corrected chi connectivity index (χ1v) is 6.92. The highest BCUT2D eigenvalue weighted by Gasteiger charge is 2.16. The molecule has 2 rings (SSSR count). The number of piperazine rings is 1. The predicted octanol–water partition coefficient (Wildman–Crippen LogP) is 0.532. The van der Waals surface area contributed by atoms with Gasteiger partial charge in [0.25, 0.3) is 0 Å². The Morgan fingerprint density at radius 3 is 2.79 bits per heavy atom. The summed E-state index contributed by atoms with van der Waals surface area (Å²) >= 11 is 0. The van der Waals surface area contributed by atoms with Crippen LogP contribution in [0.15, 0.2) is 6.07 Å². The van der Waals surface area contributed by atoms with Crippen LogP contribution in [0.4, 0.5) is 11.6 Å². The third kappa shape index (κ3) is 4.33. The number of likely N-dealkylation sites (N-methyl/N-ethyl adjacent to an activating group) is 1. The van der Waals surface area contributed by atoms with Crippen LogP contribution in [0.2, 0.25) is 0 Å². The Hall–Kier alpha value is -1.40. The molecule has 0 aliphatic carbocycles. The second-order valence-electron chi connectivity index (χ2n) is 5.01. The molecular formula is C13H24N6. The molecule has 1 aromatic heterocycles. The van der Waals surface area contributed by atoms with Crippen molar-refractivity contribution in [2.75, 3.05) is 50.4 Å². The first-order valence-electron chi connectivity index (χ1n) is 6.92. The number of anilines is 2. The molecule has 1 saturated heterocycles. The summed E-state index contributed by atoms with van der Waals surface area (Å²) < 4.78 is 0. The minimum atomic E-state index is 0.469. The van der Waals surface area contributed by atoms with Crippen molar-refractivity contribution >= 4 is 11.6 Å². The zero-order valence-electron chi connectivity index (χ0n) is 12.0. The maximum absolute atomic E-state index is 4.42. The highest BCUT2D eigenvalue weighted by molar-refractivity contribution is 5.47. The molecule has 0 radical (unpaired) electrons. The predicted molar refractivity (Wildman–Crippen MR) is 78.7 cm³/mol. The molecule has 0 amide bonds. The van der Waals surface area contributed by atoms with Crippen LogP contribution < -0.4 is 16.0 Å². The van der Waals surface area contributed by atoms with Gasteiger partial charge in [0.05, 0.1) is 0 Å². The summed E-state index contributed by atoms with van der Waals surface area (Å²) in [4.78, 5) is 11.1. The molecule has 6 heteroatoms. The van der Waals surface area contributed by atoms with Gasteiger partial charge < -0.3 is 20.9 Å². The van der Waals surface area contributed by atoms with Crippen LogP contribution in [-0.4, -0.2) is 60.7 Å². The topological polar surface area (TPSA) is 65.1 Å². The smallest absolute Gasteiger partial charge is 0.131 e. The Morgan fingerprint density at radius 2 is 2.11 bits per heavy atom. The average Bonchev–Trinajstić information content (AvgIpc) is 2.36. The minimum Gasteiger partial charge on any atom is -0.370 e. The molecular weight excluding hydrogens is 240 g/mol. The van der Waals surface area contributed by atoms with Gasteiger partial charge in [-0.15, -0.1) is 0 Å². The summed E-state index contributed by atoms with van der Waals surface area (Å²) in [5, 5.41) is 10.1. The van der Waals surface area contributed by atoms with Crippen molar-refractivity contribution in [3.05, 3.63) is 11.9 Å². The molecule has 0 bridgehead atoms. The van der Waals surface area contributed by atoms with Crippen LogP contribution in [0, 0.1) is 6.92 Å². The molecule has 6 nitrogen and oxygen atoms in total. The molecule has 3 N–H and O–H groups in total. The highest BCUT2D eigenvalue weighted by Crippen LogP contribution is 2.11. The Kier molecular flexibility index (Phi) is 4.93. The SMILES string of the molecule is CCNc1cc(NCC2CN(C)CCN2)nc(C)n1. The summed E-state index contributed by atoms with van der Waals surface area (Å²) in [5.41, 5.74) is 0. The lowest BCUT2D eigenvalue weighted by Gasteiger charge is -2.31. The van der Waals surface area contributed by atoms with E-state index in [4.69, 9.17) is 0 Å². The van der Waals surface area contributed by atoms with Crippen molar-refractivity contribution in [3.63, 3.8) is 0 Å². The molecule has 19 heavy (non-hydrogen) atoms. The Balaban J connectivity index is 1.91. The molecule has 0 spiro atoms. The lowest BCUT2D eigenvalue weighted by molar-refractivity contribution is 0.244. The second-order valence-corrected chi connectivity index (χ2v) is 5.01. The molecule has 1 unspecified atom stereocenters. The van der Waals surface area contributed by atoms with Gasteiger partial charge in [0.15, 0.2) is 0 Å². The van der Waals surface area contributed by atoms with Crippen LogP contribution in [0.5, 0.6) is 0 Å². The Bertz CT molecular complexity index is 408. The molecule has 1 aliphatic heterocycles. The van der Waals surface area contributed by atoms with E-state index in [1.54, 1.807) is 0 Å². The number of rotatable bonds is 5.